The number of rotatable bonds is 6. The summed E-state index contributed by atoms with van der Waals surface area (Å²) in [6.45, 7) is 2.30. The van der Waals surface area contributed by atoms with Crippen molar-refractivity contribution in [1.82, 2.24) is 4.57 Å². The van der Waals surface area contributed by atoms with Crippen LogP contribution in [-0.2, 0) is 18.5 Å². The normalized spacial score (nSPS) is 16.1. The molecule has 3 aromatic carbocycles. The van der Waals surface area contributed by atoms with Gasteiger partial charge in [-0.15, -0.1) is 11.8 Å². The van der Waals surface area contributed by atoms with Crippen molar-refractivity contribution < 1.29 is 26.3 Å². The van der Waals surface area contributed by atoms with Crippen LogP contribution in [0.15, 0.2) is 82.6 Å². The smallest absolute Gasteiger partial charge is 0.322 e. The quantitative estimate of drug-likeness (QED) is 0.232. The third-order valence-electron chi connectivity index (χ3n) is 7.49. The number of hydrogen-bond acceptors (Lipinski definition) is 3. The molecule has 1 aliphatic rings. The fourth-order valence-electron chi connectivity index (χ4n) is 5.36. The molecular weight excluding hydrogens is 562 g/mol. The van der Waals surface area contributed by atoms with Crippen molar-refractivity contribution in [1.29, 1.82) is 0 Å². The first-order chi connectivity index (χ1) is 19.3. The predicted molar refractivity (Wildman–Crippen MR) is 148 cm³/mol. The van der Waals surface area contributed by atoms with E-state index in [1.165, 1.54) is 40.6 Å². The molecule has 1 aliphatic heterocycles. The molecule has 2 heterocycles. The first-order valence-electron chi connectivity index (χ1n) is 12.8. The van der Waals surface area contributed by atoms with Gasteiger partial charge >= 0.3 is 6.18 Å². The summed E-state index contributed by atoms with van der Waals surface area (Å²) in [5.41, 5.74) is 5.76. The molecule has 4 aromatic rings. The minimum atomic E-state index is -4.81. The first kappa shape index (κ1) is 29.0. The van der Waals surface area contributed by atoms with Crippen LogP contribution in [0.3, 0.4) is 0 Å². The van der Waals surface area contributed by atoms with Crippen molar-refractivity contribution in [3.8, 4) is 11.1 Å². The number of thioether (sulfide) groups is 1. The fourth-order valence-corrected chi connectivity index (χ4v) is 6.81. The summed E-state index contributed by atoms with van der Waals surface area (Å²) in [5, 5.41) is 0.390. The molecule has 1 aromatic heterocycles. The summed E-state index contributed by atoms with van der Waals surface area (Å²) in [7, 11) is 0. The van der Waals surface area contributed by atoms with Gasteiger partial charge in [0.1, 0.15) is 5.82 Å². The molecule has 0 bridgehead atoms. The highest BCUT2D eigenvalue weighted by atomic mass is 32.2. The average molecular weight is 589 g/mol. The van der Waals surface area contributed by atoms with Crippen molar-refractivity contribution in [2.75, 3.05) is 5.75 Å². The fraction of sp³-hybridized carbons (Fsp3) is 0.258. The Morgan fingerprint density at radius 3 is 2.32 bits per heavy atom. The molecule has 2 N–H and O–H groups in total. The van der Waals surface area contributed by atoms with Gasteiger partial charge in [-0.3, -0.25) is 9.36 Å². The highest BCUT2D eigenvalue weighted by Crippen LogP contribution is 2.44. The summed E-state index contributed by atoms with van der Waals surface area (Å²) in [6.07, 6.45) is -5.27. The van der Waals surface area contributed by atoms with Gasteiger partial charge in [-0.05, 0) is 47.4 Å². The van der Waals surface area contributed by atoms with E-state index in [2.05, 4.69) is 0 Å². The standard InChI is InChI=1S/C31H26F6N2OS/c1-17-21(15-22-23(31(35,36)37)12-7-13-24(22)32)29-39(25(16-41-29)27(38)18-8-4-3-5-9-18)28(40)26(17)19-10-6-11-20(14-19)30(2,33)34/h3-14,25,27H,15-16,38H2,1-2H3/t25-,27?/m1/s1. The van der Waals surface area contributed by atoms with Gasteiger partial charge in [-0.25, -0.2) is 13.2 Å². The van der Waals surface area contributed by atoms with E-state index in [-0.39, 0.29) is 16.7 Å². The average Bonchev–Trinajstić information content (AvgIpc) is 3.36. The lowest BCUT2D eigenvalue weighted by Gasteiger charge is -2.25. The van der Waals surface area contributed by atoms with Crippen molar-refractivity contribution >= 4 is 11.8 Å². The minimum absolute atomic E-state index is 0.0625. The molecule has 2 atom stereocenters. The Morgan fingerprint density at radius 1 is 0.976 bits per heavy atom. The van der Waals surface area contributed by atoms with Gasteiger partial charge in [0.15, 0.2) is 0 Å². The second-order valence-corrected chi connectivity index (χ2v) is 11.2. The zero-order chi connectivity index (χ0) is 29.7. The lowest BCUT2D eigenvalue weighted by Crippen LogP contribution is -2.33. The Hall–Kier alpha value is -3.50. The Balaban J connectivity index is 1.77. The van der Waals surface area contributed by atoms with Crippen LogP contribution in [0.25, 0.3) is 11.1 Å². The van der Waals surface area contributed by atoms with Crippen molar-refractivity contribution in [2.45, 2.75) is 49.5 Å². The zero-order valence-electron chi connectivity index (χ0n) is 22.1. The van der Waals surface area contributed by atoms with Gasteiger partial charge in [-0.1, -0.05) is 54.6 Å². The highest BCUT2D eigenvalue weighted by Gasteiger charge is 2.38. The Labute approximate surface area is 237 Å². The molecule has 214 valence electrons. The maximum atomic E-state index is 15.0. The Bertz CT molecular complexity index is 1660. The van der Waals surface area contributed by atoms with E-state index in [9.17, 15) is 31.1 Å². The van der Waals surface area contributed by atoms with E-state index < -0.39 is 53.1 Å². The molecule has 3 nitrogen and oxygen atoms in total. The summed E-state index contributed by atoms with van der Waals surface area (Å²) in [5.74, 6) is -3.88. The zero-order valence-corrected chi connectivity index (χ0v) is 22.9. The molecule has 0 radical (unpaired) electrons. The van der Waals surface area contributed by atoms with E-state index in [0.717, 1.165) is 30.7 Å². The summed E-state index contributed by atoms with van der Waals surface area (Å²) in [4.78, 5) is 14.1. The van der Waals surface area contributed by atoms with Crippen LogP contribution in [0.2, 0.25) is 0 Å². The number of pyridine rings is 1. The van der Waals surface area contributed by atoms with Gasteiger partial charge < -0.3 is 5.73 Å². The van der Waals surface area contributed by atoms with Crippen LogP contribution in [-0.4, -0.2) is 10.3 Å². The van der Waals surface area contributed by atoms with E-state index in [1.807, 2.05) is 18.2 Å². The number of alkyl halides is 5. The van der Waals surface area contributed by atoms with Crippen LogP contribution in [0.1, 0.15) is 52.4 Å². The Morgan fingerprint density at radius 2 is 1.66 bits per heavy atom. The largest absolute Gasteiger partial charge is 0.416 e. The van der Waals surface area contributed by atoms with Gasteiger partial charge in [0.2, 0.25) is 0 Å². The predicted octanol–water partition coefficient (Wildman–Crippen LogP) is 8.03. The SMILES string of the molecule is Cc1c(Cc2c(F)cccc2C(F)(F)F)c2n(c(=O)c1-c1cccc(C(C)(F)F)c1)[C@@H](C(N)c1ccccc1)CS2. The maximum absolute atomic E-state index is 15.0. The van der Waals surface area contributed by atoms with E-state index in [1.54, 1.807) is 19.1 Å². The number of halogens is 6. The van der Waals surface area contributed by atoms with E-state index in [0.29, 0.717) is 21.9 Å². The molecule has 5 rings (SSSR count). The van der Waals surface area contributed by atoms with Crippen molar-refractivity contribution in [3.63, 3.8) is 0 Å². The first-order valence-corrected chi connectivity index (χ1v) is 13.8. The topological polar surface area (TPSA) is 48.0 Å². The highest BCUT2D eigenvalue weighted by molar-refractivity contribution is 7.99. The van der Waals surface area contributed by atoms with Crippen molar-refractivity contribution in [3.05, 3.63) is 122 Å². The summed E-state index contributed by atoms with van der Waals surface area (Å²) in [6, 6.07) is 16.0. The van der Waals surface area contributed by atoms with Crippen LogP contribution < -0.4 is 11.3 Å². The number of nitrogens with zero attached hydrogens (tertiary/aromatic N) is 1. The number of nitrogens with two attached hydrogens (primary N) is 1. The molecule has 0 spiro atoms. The van der Waals surface area contributed by atoms with Gasteiger partial charge in [-0.2, -0.15) is 13.2 Å². The Kier molecular flexibility index (Phi) is 7.59. The molecule has 0 saturated carbocycles. The van der Waals surface area contributed by atoms with Crippen LogP contribution in [0.5, 0.6) is 0 Å². The second kappa shape index (κ2) is 10.7. The third-order valence-corrected chi connectivity index (χ3v) is 8.72. The summed E-state index contributed by atoms with van der Waals surface area (Å²) >= 11 is 1.26. The minimum Gasteiger partial charge on any atom is -0.322 e. The van der Waals surface area contributed by atoms with Gasteiger partial charge in [0.05, 0.1) is 28.2 Å². The second-order valence-electron chi connectivity index (χ2n) is 10.2. The molecule has 1 unspecified atom stereocenters. The van der Waals surface area contributed by atoms with Gasteiger partial charge in [0, 0.05) is 30.2 Å². The number of hydrogen-bond donors (Lipinski definition) is 1. The van der Waals surface area contributed by atoms with E-state index >= 15 is 0 Å². The maximum Gasteiger partial charge on any atom is 0.416 e. The van der Waals surface area contributed by atoms with Crippen LogP contribution in [0, 0.1) is 12.7 Å². The number of fused-ring (bicyclic) bond motifs is 1. The number of aromatic nitrogens is 1. The van der Waals surface area contributed by atoms with Gasteiger partial charge in [0.25, 0.3) is 11.5 Å². The summed E-state index contributed by atoms with van der Waals surface area (Å²) < 4.78 is 86.7. The van der Waals surface area contributed by atoms with Crippen LogP contribution >= 0.6 is 11.8 Å². The molecular formula is C31H26F6N2OS. The lowest BCUT2D eigenvalue weighted by atomic mass is 9.91. The monoisotopic (exact) mass is 588 g/mol. The molecule has 0 fully saturated rings. The number of benzene rings is 3. The molecule has 10 heteroatoms. The molecule has 0 amide bonds. The van der Waals surface area contributed by atoms with Crippen LogP contribution in [0.4, 0.5) is 26.3 Å². The van der Waals surface area contributed by atoms with Crippen molar-refractivity contribution in [2.24, 2.45) is 5.73 Å². The lowest BCUT2D eigenvalue weighted by molar-refractivity contribution is -0.138. The van der Waals surface area contributed by atoms with E-state index in [4.69, 9.17) is 5.73 Å². The molecule has 0 aliphatic carbocycles. The molecule has 41 heavy (non-hydrogen) atoms. The third kappa shape index (κ3) is 5.42. The molecule has 0 saturated heterocycles.